The van der Waals surface area contributed by atoms with Crippen molar-refractivity contribution in [3.8, 4) is 28.8 Å². The Morgan fingerprint density at radius 3 is 2.31 bits per heavy atom. The molecule has 2 amide bonds. The monoisotopic (exact) mass is 697 g/mol. The number of para-hydroxylation sites is 1. The van der Waals surface area contributed by atoms with Gasteiger partial charge < -0.3 is 4.74 Å². The molecule has 0 aliphatic carbocycles. The summed E-state index contributed by atoms with van der Waals surface area (Å²) in [7, 11) is -2.96. The van der Waals surface area contributed by atoms with Gasteiger partial charge in [-0.05, 0) is 54.5 Å². The fourth-order valence-electron chi connectivity index (χ4n) is 5.90. The summed E-state index contributed by atoms with van der Waals surface area (Å²) < 4.78 is 59.0. The van der Waals surface area contributed by atoms with Gasteiger partial charge in [-0.25, -0.2) is 25.8 Å². The van der Waals surface area contributed by atoms with E-state index in [0.29, 0.717) is 33.8 Å². The topological polar surface area (TPSA) is 160 Å². The molecule has 3 aromatic carbocycles. The van der Waals surface area contributed by atoms with Crippen molar-refractivity contribution in [2.75, 3.05) is 32.7 Å². The predicted octanol–water partition coefficient (Wildman–Crippen LogP) is 3.71. The van der Waals surface area contributed by atoms with Crippen molar-refractivity contribution in [2.24, 2.45) is 0 Å². The summed E-state index contributed by atoms with van der Waals surface area (Å²) in [4.78, 5) is 29.2. The number of benzene rings is 3. The Morgan fingerprint density at radius 1 is 0.980 bits per heavy atom. The van der Waals surface area contributed by atoms with Crippen LogP contribution in [0.5, 0.6) is 5.75 Å². The van der Waals surface area contributed by atoms with Gasteiger partial charge >= 0.3 is 0 Å². The number of carbonyl (C=O) groups excluding carboxylic acids is 2. The van der Waals surface area contributed by atoms with Gasteiger partial charge in [0.25, 0.3) is 11.8 Å². The number of sulfone groups is 1. The first kappa shape index (κ1) is 33.5. The molecule has 0 N–H and O–H groups in total. The molecule has 2 aliphatic heterocycles. The summed E-state index contributed by atoms with van der Waals surface area (Å²) in [6.45, 7) is 0. The number of rotatable bonds is 8. The number of sulfonamides is 1. The molecule has 0 spiro atoms. The van der Waals surface area contributed by atoms with Crippen LogP contribution in [-0.4, -0.2) is 86.4 Å². The maximum absolute atomic E-state index is 14.5. The van der Waals surface area contributed by atoms with Gasteiger partial charge in [0.1, 0.15) is 23.1 Å². The van der Waals surface area contributed by atoms with E-state index in [-0.39, 0.29) is 33.8 Å². The second-order valence-corrected chi connectivity index (χ2v) is 16.1. The van der Waals surface area contributed by atoms with E-state index in [1.54, 1.807) is 47.3 Å². The van der Waals surface area contributed by atoms with Gasteiger partial charge in [0.15, 0.2) is 9.84 Å². The SMILES string of the molecule is COc1ccc(C2=C(C#N)C(=O)N(C3CCS(=O)(=O)C3)C(=O)/C2=C\c2cn(-c3ccccc3)nc2-c2cccc(S(=O)(=O)N(C)C)c2)cc1. The van der Waals surface area contributed by atoms with Crippen molar-refractivity contribution in [1.82, 2.24) is 19.0 Å². The lowest BCUT2D eigenvalue weighted by Crippen LogP contribution is -2.49. The molecule has 1 saturated heterocycles. The number of nitriles is 1. The maximum atomic E-state index is 14.5. The van der Waals surface area contributed by atoms with Crippen LogP contribution in [0, 0.1) is 11.3 Å². The fraction of sp³-hybridized carbons (Fsp3) is 0.200. The van der Waals surface area contributed by atoms with Crippen LogP contribution in [0.2, 0.25) is 0 Å². The number of carbonyl (C=O) groups is 2. The summed E-state index contributed by atoms with van der Waals surface area (Å²) in [5.74, 6) is -1.72. The highest BCUT2D eigenvalue weighted by Crippen LogP contribution is 2.39. The lowest BCUT2D eigenvalue weighted by atomic mass is 9.86. The zero-order valence-electron chi connectivity index (χ0n) is 26.8. The van der Waals surface area contributed by atoms with Crippen molar-refractivity contribution in [3.63, 3.8) is 0 Å². The standard InChI is InChI=1S/C35H31N5O7S2/c1-38(2)49(45,46)29-11-7-8-24(18-29)33-25(21-39(37-33)26-9-5-4-6-10-26)19-30-32(23-12-14-28(47-3)15-13-23)31(20-36)35(42)40(34(30)41)27-16-17-48(43,44)22-27/h4-15,18-19,21,27H,16-17,22H2,1-3H3/b30-19-. The molecule has 1 unspecified atom stereocenters. The molecule has 1 fully saturated rings. The smallest absolute Gasteiger partial charge is 0.272 e. The van der Waals surface area contributed by atoms with E-state index in [1.807, 2.05) is 36.4 Å². The van der Waals surface area contributed by atoms with Crippen LogP contribution in [0.25, 0.3) is 28.6 Å². The Kier molecular flexibility index (Phi) is 8.84. The molecule has 4 aromatic rings. The van der Waals surface area contributed by atoms with Crippen LogP contribution in [-0.2, 0) is 29.4 Å². The minimum absolute atomic E-state index is 0.0291. The second-order valence-electron chi connectivity index (χ2n) is 11.7. The summed E-state index contributed by atoms with van der Waals surface area (Å²) in [5.41, 5.74) is 1.91. The van der Waals surface area contributed by atoms with E-state index in [9.17, 15) is 31.7 Å². The molecular formula is C35H31N5O7S2. The van der Waals surface area contributed by atoms with Crippen LogP contribution < -0.4 is 4.74 Å². The number of hydrogen-bond donors (Lipinski definition) is 0. The Balaban J connectivity index is 1.61. The maximum Gasteiger partial charge on any atom is 0.272 e. The molecule has 1 atom stereocenters. The molecule has 6 rings (SSSR count). The number of hydrogen-bond acceptors (Lipinski definition) is 9. The lowest BCUT2D eigenvalue weighted by molar-refractivity contribution is -0.142. The molecular weight excluding hydrogens is 667 g/mol. The summed E-state index contributed by atoms with van der Waals surface area (Å²) in [5, 5.41) is 15.1. The Morgan fingerprint density at radius 2 is 1.69 bits per heavy atom. The summed E-state index contributed by atoms with van der Waals surface area (Å²) in [6.07, 6.45) is 3.22. The summed E-state index contributed by atoms with van der Waals surface area (Å²) in [6, 6.07) is 22.9. The van der Waals surface area contributed by atoms with Gasteiger partial charge in [0.2, 0.25) is 10.0 Å². The molecule has 12 nitrogen and oxygen atoms in total. The first-order valence-electron chi connectivity index (χ1n) is 15.1. The van der Waals surface area contributed by atoms with Gasteiger partial charge in [-0.2, -0.15) is 10.4 Å². The average Bonchev–Trinajstić information content (AvgIpc) is 3.68. The number of nitrogens with zero attached hydrogens (tertiary/aromatic N) is 5. The molecule has 250 valence electrons. The van der Waals surface area contributed by atoms with Gasteiger partial charge in [-0.1, -0.05) is 42.5 Å². The number of amides is 2. The Labute approximate surface area is 284 Å². The first-order valence-corrected chi connectivity index (χ1v) is 18.4. The minimum atomic E-state index is -3.81. The van der Waals surface area contributed by atoms with Crippen LogP contribution in [0.15, 0.2) is 101 Å². The first-order chi connectivity index (χ1) is 23.3. The van der Waals surface area contributed by atoms with E-state index in [4.69, 9.17) is 9.84 Å². The molecule has 2 aliphatic rings. The Bertz CT molecular complexity index is 2300. The molecule has 0 radical (unpaired) electrons. The van der Waals surface area contributed by atoms with Crippen molar-refractivity contribution < 1.29 is 31.2 Å². The fourth-order valence-corrected chi connectivity index (χ4v) is 8.55. The van der Waals surface area contributed by atoms with E-state index < -0.39 is 43.5 Å². The zero-order chi connectivity index (χ0) is 35.1. The second kappa shape index (κ2) is 12.9. The third-order valence-corrected chi connectivity index (χ3v) is 12.0. The lowest BCUT2D eigenvalue weighted by Gasteiger charge is -2.32. The molecule has 0 saturated carbocycles. The zero-order valence-corrected chi connectivity index (χ0v) is 28.4. The van der Waals surface area contributed by atoms with Crippen molar-refractivity contribution in [3.05, 3.63) is 107 Å². The van der Waals surface area contributed by atoms with E-state index in [0.717, 1.165) is 9.21 Å². The highest BCUT2D eigenvalue weighted by molar-refractivity contribution is 7.91. The van der Waals surface area contributed by atoms with Gasteiger partial charge in [-0.15, -0.1) is 0 Å². The van der Waals surface area contributed by atoms with Crippen molar-refractivity contribution in [2.45, 2.75) is 17.4 Å². The largest absolute Gasteiger partial charge is 0.497 e. The third-order valence-electron chi connectivity index (χ3n) is 8.41. The van der Waals surface area contributed by atoms with Crippen molar-refractivity contribution >= 4 is 43.3 Å². The minimum Gasteiger partial charge on any atom is -0.497 e. The average molecular weight is 698 g/mol. The van der Waals surface area contributed by atoms with Crippen LogP contribution in [0.4, 0.5) is 0 Å². The molecule has 3 heterocycles. The van der Waals surface area contributed by atoms with E-state index >= 15 is 0 Å². The quantitative estimate of drug-likeness (QED) is 0.198. The predicted molar refractivity (Wildman–Crippen MR) is 182 cm³/mol. The van der Waals surface area contributed by atoms with Crippen LogP contribution >= 0.6 is 0 Å². The van der Waals surface area contributed by atoms with Crippen molar-refractivity contribution in [1.29, 1.82) is 5.26 Å². The van der Waals surface area contributed by atoms with Gasteiger partial charge in [0.05, 0.1) is 40.8 Å². The Hall–Kier alpha value is -5.36. The molecule has 1 aromatic heterocycles. The highest BCUT2D eigenvalue weighted by atomic mass is 32.2. The summed E-state index contributed by atoms with van der Waals surface area (Å²) >= 11 is 0. The van der Waals surface area contributed by atoms with Crippen LogP contribution in [0.1, 0.15) is 17.5 Å². The third kappa shape index (κ3) is 6.31. The number of methoxy groups -OCH3 is 1. The van der Waals surface area contributed by atoms with Gasteiger partial charge in [-0.3, -0.25) is 14.5 Å². The molecule has 49 heavy (non-hydrogen) atoms. The molecule has 14 heteroatoms. The van der Waals surface area contributed by atoms with E-state index in [1.165, 1.54) is 39.4 Å². The molecule has 0 bridgehead atoms. The van der Waals surface area contributed by atoms with Crippen LogP contribution in [0.3, 0.4) is 0 Å². The highest BCUT2D eigenvalue weighted by Gasteiger charge is 2.45. The number of aromatic nitrogens is 2. The number of imide groups is 1. The van der Waals surface area contributed by atoms with Gasteiger partial charge in [0, 0.05) is 37.0 Å². The normalized spacial score (nSPS) is 18.7. The van der Waals surface area contributed by atoms with E-state index in [2.05, 4.69) is 0 Å². The number of ether oxygens (including phenoxy) is 1.